The second kappa shape index (κ2) is 5.88. The van der Waals surface area contributed by atoms with Crippen LogP contribution in [0.3, 0.4) is 0 Å². The molecule has 2 heteroatoms. The second-order valence-corrected chi connectivity index (χ2v) is 8.65. The number of rotatable bonds is 3. The van der Waals surface area contributed by atoms with Crippen molar-refractivity contribution < 1.29 is 9.90 Å². The molecule has 0 aromatic rings. The van der Waals surface area contributed by atoms with E-state index in [1.807, 2.05) is 6.08 Å². The van der Waals surface area contributed by atoms with Crippen molar-refractivity contribution in [2.24, 2.45) is 23.2 Å². The quantitative estimate of drug-likeness (QED) is 0.828. The molecular weight excluding hydrogens is 284 g/mol. The first-order valence-corrected chi connectivity index (χ1v) is 9.69. The maximum atomic E-state index is 11.9. The molecule has 0 amide bonds. The molecule has 23 heavy (non-hydrogen) atoms. The van der Waals surface area contributed by atoms with Crippen molar-refractivity contribution in [3.8, 4) is 0 Å². The fraction of sp³-hybridized carbons (Fsp3) is 0.762. The first kappa shape index (κ1) is 15.6. The summed E-state index contributed by atoms with van der Waals surface area (Å²) in [5.74, 6) is 2.57. The summed E-state index contributed by atoms with van der Waals surface area (Å²) in [5, 5.41) is 9.32. The highest BCUT2D eigenvalue weighted by Crippen LogP contribution is 2.61. The van der Waals surface area contributed by atoms with Gasteiger partial charge in [-0.2, -0.15) is 0 Å². The van der Waals surface area contributed by atoms with E-state index in [2.05, 4.69) is 6.92 Å². The summed E-state index contributed by atoms with van der Waals surface area (Å²) in [4.78, 5) is 11.9. The van der Waals surface area contributed by atoms with Gasteiger partial charge in [-0.15, -0.1) is 0 Å². The van der Waals surface area contributed by atoms with Crippen molar-refractivity contribution in [1.82, 2.24) is 0 Å². The number of hydrogen-bond acceptors (Lipinski definition) is 2. The van der Waals surface area contributed by atoms with Gasteiger partial charge in [-0.3, -0.25) is 4.79 Å². The Hall–Kier alpha value is -0.890. The lowest BCUT2D eigenvalue weighted by Gasteiger charge is -2.50. The third-order valence-electron chi connectivity index (χ3n) is 7.41. The minimum Gasteiger partial charge on any atom is -0.396 e. The summed E-state index contributed by atoms with van der Waals surface area (Å²) in [6, 6.07) is 0. The molecule has 0 aliphatic heterocycles. The van der Waals surface area contributed by atoms with Crippen LogP contribution in [0.4, 0.5) is 0 Å². The fourth-order valence-electron chi connectivity index (χ4n) is 6.33. The summed E-state index contributed by atoms with van der Waals surface area (Å²) < 4.78 is 0. The third kappa shape index (κ3) is 2.54. The smallest absolute Gasteiger partial charge is 0.156 e. The van der Waals surface area contributed by atoms with E-state index >= 15 is 0 Å². The van der Waals surface area contributed by atoms with Crippen molar-refractivity contribution in [1.29, 1.82) is 0 Å². The number of carbonyl (C=O) groups excluding carboxylic acids is 1. The average molecular weight is 314 g/mol. The van der Waals surface area contributed by atoms with Crippen LogP contribution in [-0.4, -0.2) is 17.5 Å². The van der Waals surface area contributed by atoms with E-state index in [0.29, 0.717) is 23.7 Å². The van der Waals surface area contributed by atoms with Gasteiger partial charge in [0.2, 0.25) is 0 Å². The standard InChI is InChI=1S/C21H30O2/c1-21-9-2-5-19(21)20-14(4-3-11-22)12-15-13-16(23)6-7-17(15)18(20)8-10-21/h13-14,19-20,22H,2-12H2,1H3/t14-,19+,20-,21+/m1/s1. The highest BCUT2D eigenvalue weighted by molar-refractivity contribution is 5.93. The summed E-state index contributed by atoms with van der Waals surface area (Å²) in [7, 11) is 0. The van der Waals surface area contributed by atoms with Gasteiger partial charge < -0.3 is 5.11 Å². The zero-order valence-electron chi connectivity index (χ0n) is 14.4. The SMILES string of the molecule is C[C@@]12CCC[C@H]1[C@H]1C(=C3CCC(=O)C=C3C[C@H]1CCCO)CC2. The molecule has 0 bridgehead atoms. The number of carbonyl (C=O) groups is 1. The Morgan fingerprint density at radius 3 is 2.96 bits per heavy atom. The van der Waals surface area contributed by atoms with Crippen LogP contribution in [0.15, 0.2) is 22.8 Å². The Bertz CT molecular complexity index is 570. The average Bonchev–Trinajstić information content (AvgIpc) is 2.93. The van der Waals surface area contributed by atoms with E-state index < -0.39 is 0 Å². The number of ketones is 1. The summed E-state index contributed by atoms with van der Waals surface area (Å²) in [5.41, 5.74) is 5.21. The molecule has 2 nitrogen and oxygen atoms in total. The van der Waals surface area contributed by atoms with Crippen LogP contribution in [0.5, 0.6) is 0 Å². The molecule has 2 saturated carbocycles. The molecule has 0 unspecified atom stereocenters. The van der Waals surface area contributed by atoms with Crippen LogP contribution in [0, 0.1) is 23.2 Å². The lowest BCUT2D eigenvalue weighted by molar-refractivity contribution is -0.114. The van der Waals surface area contributed by atoms with Crippen molar-refractivity contribution in [3.63, 3.8) is 0 Å². The van der Waals surface area contributed by atoms with E-state index in [-0.39, 0.29) is 0 Å². The number of allylic oxidation sites excluding steroid dienone is 4. The molecule has 0 saturated heterocycles. The van der Waals surface area contributed by atoms with Gasteiger partial charge in [0.1, 0.15) is 0 Å². The zero-order valence-corrected chi connectivity index (χ0v) is 14.4. The number of hydrogen-bond donors (Lipinski definition) is 1. The molecule has 0 aromatic heterocycles. The van der Waals surface area contributed by atoms with Crippen LogP contribution < -0.4 is 0 Å². The van der Waals surface area contributed by atoms with Crippen LogP contribution in [0.1, 0.15) is 71.1 Å². The topological polar surface area (TPSA) is 37.3 Å². The Balaban J connectivity index is 1.74. The van der Waals surface area contributed by atoms with E-state index in [9.17, 15) is 9.90 Å². The van der Waals surface area contributed by atoms with Crippen LogP contribution in [-0.2, 0) is 4.79 Å². The summed E-state index contributed by atoms with van der Waals surface area (Å²) >= 11 is 0. The molecule has 4 rings (SSSR count). The van der Waals surface area contributed by atoms with Gasteiger partial charge in [0.25, 0.3) is 0 Å². The molecule has 4 atom stereocenters. The van der Waals surface area contributed by atoms with Crippen molar-refractivity contribution in [2.45, 2.75) is 71.1 Å². The van der Waals surface area contributed by atoms with Crippen molar-refractivity contribution in [3.05, 3.63) is 22.8 Å². The first-order chi connectivity index (χ1) is 11.1. The monoisotopic (exact) mass is 314 g/mol. The predicted octanol–water partition coefficient (Wildman–Crippen LogP) is 4.58. The molecule has 126 valence electrons. The highest BCUT2D eigenvalue weighted by Gasteiger charge is 2.51. The van der Waals surface area contributed by atoms with Crippen LogP contribution in [0.25, 0.3) is 0 Å². The zero-order chi connectivity index (χ0) is 16.0. The molecule has 2 fully saturated rings. The van der Waals surface area contributed by atoms with Gasteiger partial charge in [-0.05, 0) is 91.8 Å². The van der Waals surface area contributed by atoms with E-state index in [1.54, 1.807) is 11.1 Å². The lowest BCUT2D eigenvalue weighted by Crippen LogP contribution is -2.41. The van der Waals surface area contributed by atoms with E-state index in [4.69, 9.17) is 0 Å². The highest BCUT2D eigenvalue weighted by atomic mass is 16.2. The van der Waals surface area contributed by atoms with Gasteiger partial charge in [0.05, 0.1) is 0 Å². The van der Waals surface area contributed by atoms with Gasteiger partial charge in [-0.1, -0.05) is 18.9 Å². The van der Waals surface area contributed by atoms with Gasteiger partial charge >= 0.3 is 0 Å². The van der Waals surface area contributed by atoms with E-state index in [1.165, 1.54) is 37.7 Å². The van der Waals surface area contributed by atoms with Gasteiger partial charge in [0, 0.05) is 13.0 Å². The molecule has 0 aromatic carbocycles. The Labute approximate surface area is 140 Å². The van der Waals surface area contributed by atoms with Crippen LogP contribution in [0.2, 0.25) is 0 Å². The Kier molecular flexibility index (Phi) is 3.99. The molecule has 0 heterocycles. The number of aliphatic hydroxyl groups is 1. The van der Waals surface area contributed by atoms with E-state index in [0.717, 1.165) is 43.9 Å². The van der Waals surface area contributed by atoms with Crippen molar-refractivity contribution >= 4 is 5.78 Å². The largest absolute Gasteiger partial charge is 0.396 e. The Morgan fingerprint density at radius 1 is 1.26 bits per heavy atom. The van der Waals surface area contributed by atoms with Gasteiger partial charge in [-0.25, -0.2) is 0 Å². The molecule has 1 N–H and O–H groups in total. The summed E-state index contributed by atoms with van der Waals surface area (Å²) in [6.07, 6.45) is 13.6. The van der Waals surface area contributed by atoms with Crippen LogP contribution >= 0.6 is 0 Å². The van der Waals surface area contributed by atoms with Gasteiger partial charge in [0.15, 0.2) is 5.78 Å². The fourth-order valence-corrected chi connectivity index (χ4v) is 6.33. The second-order valence-electron chi connectivity index (χ2n) is 8.65. The maximum Gasteiger partial charge on any atom is 0.156 e. The third-order valence-corrected chi connectivity index (χ3v) is 7.41. The minimum atomic E-state index is 0.301. The molecule has 4 aliphatic rings. The normalized spacial score (nSPS) is 39.7. The molecule has 0 spiro atoms. The van der Waals surface area contributed by atoms with Crippen molar-refractivity contribution in [2.75, 3.05) is 6.61 Å². The predicted molar refractivity (Wildman–Crippen MR) is 91.9 cm³/mol. The molecular formula is C21H30O2. The Morgan fingerprint density at radius 2 is 2.13 bits per heavy atom. The number of aliphatic hydroxyl groups excluding tert-OH is 1. The summed E-state index contributed by atoms with van der Waals surface area (Å²) in [6.45, 7) is 2.83. The first-order valence-electron chi connectivity index (χ1n) is 9.69. The molecule has 4 aliphatic carbocycles. The minimum absolute atomic E-state index is 0.301. The lowest BCUT2D eigenvalue weighted by atomic mass is 9.54. The molecule has 0 radical (unpaired) electrons. The number of fused-ring (bicyclic) bond motifs is 4. The maximum absolute atomic E-state index is 11.9.